The molecule has 0 heterocycles. The molecular formula is C12H14F3NO4S. The smallest absolute Gasteiger partial charge is 0.481 e. The third-order valence-corrected chi connectivity index (χ3v) is 4.31. The minimum Gasteiger partial charge on any atom is -0.481 e. The van der Waals surface area contributed by atoms with Crippen LogP contribution in [0.5, 0.6) is 0 Å². The molecule has 0 aliphatic heterocycles. The van der Waals surface area contributed by atoms with Crippen molar-refractivity contribution >= 4 is 21.5 Å². The van der Waals surface area contributed by atoms with Crippen molar-refractivity contribution in [3.63, 3.8) is 0 Å². The molecule has 9 heteroatoms. The van der Waals surface area contributed by atoms with Crippen LogP contribution in [-0.2, 0) is 14.6 Å². The van der Waals surface area contributed by atoms with E-state index >= 15 is 0 Å². The highest BCUT2D eigenvalue weighted by molar-refractivity contribution is 7.92. The fourth-order valence-corrected chi connectivity index (χ4v) is 2.73. The standard InChI is InChI=1S/C12H14F3NO4S/c1-2-16(8-7-11(17)18)9-5-3-4-6-10(9)21(19,20)12(13,14)15/h3-6H,2,7-8H2,1H3,(H,17,18). The Morgan fingerprint density at radius 1 is 1.29 bits per heavy atom. The summed E-state index contributed by atoms with van der Waals surface area (Å²) in [4.78, 5) is 11.0. The number of sulfone groups is 1. The number of benzene rings is 1. The van der Waals surface area contributed by atoms with Crippen LogP contribution in [-0.4, -0.2) is 38.1 Å². The lowest BCUT2D eigenvalue weighted by Crippen LogP contribution is -2.30. The van der Waals surface area contributed by atoms with Crippen molar-refractivity contribution in [3.8, 4) is 0 Å². The van der Waals surface area contributed by atoms with Gasteiger partial charge < -0.3 is 10.0 Å². The van der Waals surface area contributed by atoms with Crippen LogP contribution in [0, 0.1) is 0 Å². The Labute approximate surface area is 119 Å². The zero-order chi connectivity index (χ0) is 16.3. The van der Waals surface area contributed by atoms with Gasteiger partial charge in [-0.1, -0.05) is 12.1 Å². The molecule has 118 valence electrons. The number of halogens is 3. The van der Waals surface area contributed by atoms with Crippen molar-refractivity contribution < 1.29 is 31.5 Å². The average Bonchev–Trinajstić information content (AvgIpc) is 2.38. The van der Waals surface area contributed by atoms with Crippen LogP contribution in [0.4, 0.5) is 18.9 Å². The molecule has 0 saturated heterocycles. The summed E-state index contributed by atoms with van der Waals surface area (Å²) in [5.41, 5.74) is -5.56. The first kappa shape index (κ1) is 17.3. The third kappa shape index (κ3) is 3.87. The Bertz CT molecular complexity index is 613. The molecule has 0 radical (unpaired) electrons. The van der Waals surface area contributed by atoms with Crippen molar-refractivity contribution in [1.82, 2.24) is 0 Å². The highest BCUT2D eigenvalue weighted by Gasteiger charge is 2.48. The topological polar surface area (TPSA) is 74.7 Å². The molecule has 21 heavy (non-hydrogen) atoms. The van der Waals surface area contributed by atoms with Crippen LogP contribution < -0.4 is 4.90 Å². The van der Waals surface area contributed by atoms with Crippen molar-refractivity contribution in [1.29, 1.82) is 0 Å². The first-order chi connectivity index (χ1) is 9.61. The zero-order valence-corrected chi connectivity index (χ0v) is 11.9. The number of nitrogens with zero attached hydrogens (tertiary/aromatic N) is 1. The predicted octanol–water partition coefficient (Wildman–Crippen LogP) is 2.28. The van der Waals surface area contributed by atoms with E-state index in [9.17, 15) is 26.4 Å². The summed E-state index contributed by atoms with van der Waals surface area (Å²) in [6.45, 7) is 1.69. The Morgan fingerprint density at radius 3 is 2.33 bits per heavy atom. The fourth-order valence-electron chi connectivity index (χ4n) is 1.75. The Morgan fingerprint density at radius 2 is 1.86 bits per heavy atom. The van der Waals surface area contributed by atoms with Crippen LogP contribution in [0.2, 0.25) is 0 Å². The summed E-state index contributed by atoms with van der Waals surface area (Å²) in [5.74, 6) is -1.12. The van der Waals surface area contributed by atoms with Gasteiger partial charge in [0.25, 0.3) is 9.84 Å². The monoisotopic (exact) mass is 325 g/mol. The second-order valence-corrected chi connectivity index (χ2v) is 6.05. The summed E-state index contributed by atoms with van der Waals surface area (Å²) in [7, 11) is -5.49. The normalized spacial score (nSPS) is 12.2. The van der Waals surface area contributed by atoms with Crippen LogP contribution in [0.1, 0.15) is 13.3 Å². The van der Waals surface area contributed by atoms with Crippen LogP contribution in [0.15, 0.2) is 29.2 Å². The van der Waals surface area contributed by atoms with Gasteiger partial charge in [0, 0.05) is 13.1 Å². The van der Waals surface area contributed by atoms with Gasteiger partial charge in [-0.25, -0.2) is 8.42 Å². The van der Waals surface area contributed by atoms with E-state index in [4.69, 9.17) is 5.11 Å². The number of carboxylic acid groups (broad SMARTS) is 1. The molecule has 0 bridgehead atoms. The first-order valence-corrected chi connectivity index (χ1v) is 7.46. The molecular weight excluding hydrogens is 311 g/mol. The summed E-state index contributed by atoms with van der Waals surface area (Å²) >= 11 is 0. The van der Waals surface area contributed by atoms with Gasteiger partial charge in [0.1, 0.15) is 0 Å². The number of rotatable bonds is 6. The van der Waals surface area contributed by atoms with Crippen LogP contribution >= 0.6 is 0 Å². The minimum absolute atomic E-state index is 0.0871. The number of alkyl halides is 3. The Hall–Kier alpha value is -1.77. The first-order valence-electron chi connectivity index (χ1n) is 5.98. The molecule has 0 fully saturated rings. The molecule has 0 saturated carbocycles. The van der Waals surface area contributed by atoms with Gasteiger partial charge in [0.15, 0.2) is 0 Å². The highest BCUT2D eigenvalue weighted by atomic mass is 32.2. The van der Waals surface area contributed by atoms with Gasteiger partial charge in [-0.3, -0.25) is 4.79 Å². The largest absolute Gasteiger partial charge is 0.501 e. The lowest BCUT2D eigenvalue weighted by Gasteiger charge is -2.25. The molecule has 0 atom stereocenters. The summed E-state index contributed by atoms with van der Waals surface area (Å²) in [5, 5.41) is 8.64. The van der Waals surface area contributed by atoms with Crippen molar-refractivity contribution in [2.45, 2.75) is 23.7 Å². The fraction of sp³-hybridized carbons (Fsp3) is 0.417. The number of hydrogen-bond donors (Lipinski definition) is 1. The summed E-state index contributed by atoms with van der Waals surface area (Å²) in [6, 6.07) is 4.67. The summed E-state index contributed by atoms with van der Waals surface area (Å²) < 4.78 is 61.2. The van der Waals surface area contributed by atoms with E-state index in [0.717, 1.165) is 6.07 Å². The average molecular weight is 325 g/mol. The van der Waals surface area contributed by atoms with E-state index in [1.165, 1.54) is 23.1 Å². The van der Waals surface area contributed by atoms with Gasteiger partial charge in [-0.2, -0.15) is 13.2 Å². The number of anilines is 1. The zero-order valence-electron chi connectivity index (χ0n) is 11.1. The molecule has 1 aromatic rings. The lowest BCUT2D eigenvalue weighted by molar-refractivity contribution is -0.136. The molecule has 1 rings (SSSR count). The van der Waals surface area contributed by atoms with Crippen molar-refractivity contribution in [3.05, 3.63) is 24.3 Å². The second-order valence-electron chi connectivity index (χ2n) is 4.14. The molecule has 5 nitrogen and oxygen atoms in total. The number of carbonyl (C=O) groups is 1. The van der Waals surface area contributed by atoms with Gasteiger partial charge in [0.05, 0.1) is 17.0 Å². The SMILES string of the molecule is CCN(CCC(=O)O)c1ccccc1S(=O)(=O)C(F)(F)F. The highest BCUT2D eigenvalue weighted by Crippen LogP contribution is 2.35. The van der Waals surface area contributed by atoms with Crippen molar-refractivity contribution in [2.75, 3.05) is 18.0 Å². The van der Waals surface area contributed by atoms with Gasteiger partial charge in [-0.15, -0.1) is 0 Å². The van der Waals surface area contributed by atoms with Crippen LogP contribution in [0.25, 0.3) is 0 Å². The number of para-hydroxylation sites is 1. The molecule has 0 unspecified atom stereocenters. The van der Waals surface area contributed by atoms with E-state index in [1.807, 2.05) is 0 Å². The Balaban J connectivity index is 3.29. The molecule has 1 aromatic carbocycles. The lowest BCUT2D eigenvalue weighted by atomic mass is 10.2. The predicted molar refractivity (Wildman–Crippen MR) is 69.8 cm³/mol. The molecule has 0 spiro atoms. The Kier molecular flexibility index (Phi) is 5.21. The van der Waals surface area contributed by atoms with E-state index in [-0.39, 0.29) is 25.2 Å². The maximum absolute atomic E-state index is 12.7. The van der Waals surface area contributed by atoms with Gasteiger partial charge in [0.2, 0.25) is 0 Å². The maximum Gasteiger partial charge on any atom is 0.501 e. The van der Waals surface area contributed by atoms with Crippen molar-refractivity contribution in [2.24, 2.45) is 0 Å². The van der Waals surface area contributed by atoms with E-state index in [2.05, 4.69) is 0 Å². The molecule has 0 aromatic heterocycles. The summed E-state index contributed by atoms with van der Waals surface area (Å²) in [6.07, 6.45) is -0.311. The van der Waals surface area contributed by atoms with E-state index < -0.39 is 26.2 Å². The quantitative estimate of drug-likeness (QED) is 0.868. The van der Waals surface area contributed by atoms with E-state index in [0.29, 0.717) is 0 Å². The molecule has 1 N–H and O–H groups in total. The molecule has 0 amide bonds. The third-order valence-electron chi connectivity index (χ3n) is 2.78. The van der Waals surface area contributed by atoms with Gasteiger partial charge in [-0.05, 0) is 19.1 Å². The number of carboxylic acids is 1. The maximum atomic E-state index is 12.7. The molecule has 0 aliphatic rings. The minimum atomic E-state index is -5.49. The van der Waals surface area contributed by atoms with Gasteiger partial charge >= 0.3 is 11.5 Å². The number of aliphatic carboxylic acids is 1. The number of hydrogen-bond acceptors (Lipinski definition) is 4. The van der Waals surface area contributed by atoms with E-state index in [1.54, 1.807) is 6.92 Å². The van der Waals surface area contributed by atoms with Crippen LogP contribution in [0.3, 0.4) is 0 Å². The second kappa shape index (κ2) is 6.33. The molecule has 0 aliphatic carbocycles.